The van der Waals surface area contributed by atoms with Gasteiger partial charge in [-0.25, -0.2) is 0 Å². The first-order chi connectivity index (χ1) is 7.47. The SMILES string of the molecule is Cc1cc(C)c(C(O)C(O)CC#N)c(C)c1. The van der Waals surface area contributed by atoms with E-state index in [9.17, 15) is 10.2 Å². The van der Waals surface area contributed by atoms with Crippen molar-refractivity contribution < 1.29 is 10.2 Å². The molecule has 1 aromatic rings. The lowest BCUT2D eigenvalue weighted by atomic mass is 9.92. The summed E-state index contributed by atoms with van der Waals surface area (Å²) in [5, 5.41) is 28.1. The second-order valence-electron chi connectivity index (χ2n) is 4.19. The molecule has 0 heterocycles. The average Bonchev–Trinajstić information content (AvgIpc) is 2.16. The molecule has 0 saturated heterocycles. The molecule has 16 heavy (non-hydrogen) atoms. The Kier molecular flexibility index (Phi) is 4.05. The average molecular weight is 219 g/mol. The third kappa shape index (κ3) is 2.60. The molecule has 2 unspecified atom stereocenters. The third-order valence-corrected chi connectivity index (χ3v) is 2.70. The van der Waals surface area contributed by atoms with Gasteiger partial charge in [-0.3, -0.25) is 0 Å². The Morgan fingerprint density at radius 2 is 1.69 bits per heavy atom. The normalized spacial score (nSPS) is 14.2. The van der Waals surface area contributed by atoms with E-state index in [4.69, 9.17) is 5.26 Å². The number of benzene rings is 1. The van der Waals surface area contributed by atoms with Gasteiger partial charge >= 0.3 is 0 Å². The second-order valence-corrected chi connectivity index (χ2v) is 4.19. The molecule has 0 saturated carbocycles. The summed E-state index contributed by atoms with van der Waals surface area (Å²) < 4.78 is 0. The van der Waals surface area contributed by atoms with Gasteiger partial charge in [-0.1, -0.05) is 17.7 Å². The first-order valence-electron chi connectivity index (χ1n) is 5.28. The van der Waals surface area contributed by atoms with E-state index < -0.39 is 12.2 Å². The first kappa shape index (κ1) is 12.7. The summed E-state index contributed by atoms with van der Waals surface area (Å²) in [6, 6.07) is 5.78. The van der Waals surface area contributed by atoms with Crippen LogP contribution in [0.15, 0.2) is 12.1 Å². The largest absolute Gasteiger partial charge is 0.389 e. The van der Waals surface area contributed by atoms with Crippen LogP contribution in [-0.4, -0.2) is 16.3 Å². The van der Waals surface area contributed by atoms with Crippen LogP contribution in [0.4, 0.5) is 0 Å². The van der Waals surface area contributed by atoms with Crippen molar-refractivity contribution in [3.05, 3.63) is 34.4 Å². The zero-order valence-corrected chi connectivity index (χ0v) is 9.86. The van der Waals surface area contributed by atoms with Gasteiger partial charge < -0.3 is 10.2 Å². The molecule has 0 aromatic heterocycles. The van der Waals surface area contributed by atoms with Crippen molar-refractivity contribution >= 4 is 0 Å². The van der Waals surface area contributed by atoms with Gasteiger partial charge in [0.15, 0.2) is 0 Å². The highest BCUT2D eigenvalue weighted by molar-refractivity contribution is 5.39. The first-order valence-corrected chi connectivity index (χ1v) is 5.28. The molecule has 0 fully saturated rings. The molecule has 2 atom stereocenters. The smallest absolute Gasteiger partial charge is 0.106 e. The quantitative estimate of drug-likeness (QED) is 0.816. The molecule has 0 aliphatic heterocycles. The lowest BCUT2D eigenvalue weighted by molar-refractivity contribution is 0.0209. The number of hydrogen-bond donors (Lipinski definition) is 2. The topological polar surface area (TPSA) is 64.2 Å². The van der Waals surface area contributed by atoms with E-state index in [0.717, 1.165) is 22.3 Å². The molecule has 86 valence electrons. The molecular weight excluding hydrogens is 202 g/mol. The molecule has 1 rings (SSSR count). The van der Waals surface area contributed by atoms with E-state index in [0.29, 0.717) is 0 Å². The number of aryl methyl sites for hydroxylation is 3. The van der Waals surface area contributed by atoms with Gasteiger partial charge in [0.05, 0.1) is 18.6 Å². The van der Waals surface area contributed by atoms with Crippen molar-refractivity contribution in [1.82, 2.24) is 0 Å². The van der Waals surface area contributed by atoms with Crippen molar-refractivity contribution in [2.45, 2.75) is 39.4 Å². The Hall–Kier alpha value is -1.37. The number of aliphatic hydroxyl groups is 2. The zero-order valence-electron chi connectivity index (χ0n) is 9.86. The fraction of sp³-hybridized carbons (Fsp3) is 0.462. The Morgan fingerprint density at radius 3 is 2.12 bits per heavy atom. The maximum atomic E-state index is 9.97. The maximum absolute atomic E-state index is 9.97. The molecular formula is C13H17NO2. The van der Waals surface area contributed by atoms with Crippen LogP contribution in [0.1, 0.15) is 34.8 Å². The van der Waals surface area contributed by atoms with Crippen molar-refractivity contribution in [3.8, 4) is 6.07 Å². The second kappa shape index (κ2) is 5.11. The summed E-state index contributed by atoms with van der Waals surface area (Å²) in [7, 11) is 0. The fourth-order valence-electron chi connectivity index (χ4n) is 2.06. The van der Waals surface area contributed by atoms with Gasteiger partial charge in [0.25, 0.3) is 0 Å². The molecule has 0 amide bonds. The van der Waals surface area contributed by atoms with Crippen LogP contribution in [0.3, 0.4) is 0 Å². The predicted molar refractivity (Wildman–Crippen MR) is 61.8 cm³/mol. The van der Waals surface area contributed by atoms with Crippen LogP contribution in [0.25, 0.3) is 0 Å². The maximum Gasteiger partial charge on any atom is 0.106 e. The highest BCUT2D eigenvalue weighted by atomic mass is 16.3. The molecule has 1 aromatic carbocycles. The molecule has 0 aliphatic carbocycles. The van der Waals surface area contributed by atoms with Crippen molar-refractivity contribution in [2.75, 3.05) is 0 Å². The summed E-state index contributed by atoms with van der Waals surface area (Å²) in [6.45, 7) is 5.79. The highest BCUT2D eigenvalue weighted by Crippen LogP contribution is 2.26. The summed E-state index contributed by atoms with van der Waals surface area (Å²) in [5.41, 5.74) is 3.75. The van der Waals surface area contributed by atoms with Gasteiger partial charge in [0.2, 0.25) is 0 Å². The summed E-state index contributed by atoms with van der Waals surface area (Å²) in [4.78, 5) is 0. The van der Waals surface area contributed by atoms with Crippen LogP contribution in [0.5, 0.6) is 0 Å². The minimum Gasteiger partial charge on any atom is -0.389 e. The number of nitriles is 1. The van der Waals surface area contributed by atoms with E-state index >= 15 is 0 Å². The summed E-state index contributed by atoms with van der Waals surface area (Å²) in [5.74, 6) is 0. The van der Waals surface area contributed by atoms with E-state index in [-0.39, 0.29) is 6.42 Å². The van der Waals surface area contributed by atoms with E-state index in [1.54, 1.807) is 0 Å². The van der Waals surface area contributed by atoms with Crippen LogP contribution in [0.2, 0.25) is 0 Å². The van der Waals surface area contributed by atoms with Crippen molar-refractivity contribution in [2.24, 2.45) is 0 Å². The number of nitrogens with zero attached hydrogens (tertiary/aromatic N) is 1. The Balaban J connectivity index is 3.09. The minimum atomic E-state index is -1.02. The number of rotatable bonds is 3. The number of hydrogen-bond acceptors (Lipinski definition) is 3. The fourth-order valence-corrected chi connectivity index (χ4v) is 2.06. The van der Waals surface area contributed by atoms with Gasteiger partial charge in [-0.05, 0) is 37.5 Å². The Bertz CT molecular complexity index is 397. The van der Waals surface area contributed by atoms with E-state index in [2.05, 4.69) is 0 Å². The van der Waals surface area contributed by atoms with Crippen molar-refractivity contribution in [1.29, 1.82) is 5.26 Å². The lowest BCUT2D eigenvalue weighted by Gasteiger charge is -2.20. The summed E-state index contributed by atoms with van der Waals surface area (Å²) in [6.07, 6.45) is -2.07. The van der Waals surface area contributed by atoms with Gasteiger partial charge in [0, 0.05) is 0 Å². The third-order valence-electron chi connectivity index (χ3n) is 2.70. The van der Waals surface area contributed by atoms with E-state index in [1.165, 1.54) is 0 Å². The molecule has 3 heteroatoms. The molecule has 3 nitrogen and oxygen atoms in total. The highest BCUT2D eigenvalue weighted by Gasteiger charge is 2.21. The van der Waals surface area contributed by atoms with Crippen molar-refractivity contribution in [3.63, 3.8) is 0 Å². The monoisotopic (exact) mass is 219 g/mol. The predicted octanol–water partition coefficient (Wildman–Crippen LogP) is 1.92. The molecule has 0 aliphatic rings. The summed E-state index contributed by atoms with van der Waals surface area (Å²) >= 11 is 0. The van der Waals surface area contributed by atoms with E-state index in [1.807, 2.05) is 39.0 Å². The lowest BCUT2D eigenvalue weighted by Crippen LogP contribution is -2.19. The van der Waals surface area contributed by atoms with Crippen LogP contribution >= 0.6 is 0 Å². The molecule has 0 radical (unpaired) electrons. The van der Waals surface area contributed by atoms with Gasteiger partial charge in [0.1, 0.15) is 6.10 Å². The Labute approximate surface area is 96.0 Å². The molecule has 0 bridgehead atoms. The molecule has 2 N–H and O–H groups in total. The zero-order chi connectivity index (χ0) is 12.3. The minimum absolute atomic E-state index is 0.0616. The van der Waals surface area contributed by atoms with Gasteiger partial charge in [-0.2, -0.15) is 5.26 Å². The van der Waals surface area contributed by atoms with Crippen LogP contribution in [-0.2, 0) is 0 Å². The standard InChI is InChI=1S/C13H17NO2/c1-8-6-9(2)12(10(3)7-8)13(16)11(15)4-5-14/h6-7,11,13,15-16H,4H2,1-3H3. The van der Waals surface area contributed by atoms with Crippen LogP contribution < -0.4 is 0 Å². The molecule has 0 spiro atoms. The van der Waals surface area contributed by atoms with Crippen LogP contribution in [0, 0.1) is 32.1 Å². The van der Waals surface area contributed by atoms with Gasteiger partial charge in [-0.15, -0.1) is 0 Å². The Morgan fingerprint density at radius 1 is 1.19 bits per heavy atom. The number of aliphatic hydroxyl groups excluding tert-OH is 2.